The summed E-state index contributed by atoms with van der Waals surface area (Å²) in [4.78, 5) is 29.1. The minimum absolute atomic E-state index is 0.0313. The highest BCUT2D eigenvalue weighted by Crippen LogP contribution is 2.26. The Kier molecular flexibility index (Phi) is 6.85. The number of benzene rings is 3. The molecule has 0 fully saturated rings. The molecule has 3 aromatic rings. The van der Waals surface area contributed by atoms with E-state index >= 15 is 0 Å². The van der Waals surface area contributed by atoms with Crippen molar-refractivity contribution in [1.29, 1.82) is 0 Å². The van der Waals surface area contributed by atoms with Crippen molar-refractivity contribution in [1.82, 2.24) is 4.90 Å². The highest BCUT2D eigenvalue weighted by Gasteiger charge is 2.19. The summed E-state index contributed by atoms with van der Waals surface area (Å²) >= 11 is 0. The van der Waals surface area contributed by atoms with Gasteiger partial charge >= 0.3 is 0 Å². The maximum absolute atomic E-state index is 13.0. The number of amides is 2. The van der Waals surface area contributed by atoms with E-state index in [1.807, 2.05) is 81.4 Å². The Balaban J connectivity index is 1.67. The summed E-state index contributed by atoms with van der Waals surface area (Å²) in [6.07, 6.45) is 0. The van der Waals surface area contributed by atoms with Crippen LogP contribution >= 0.6 is 0 Å². The Morgan fingerprint density at radius 1 is 0.867 bits per heavy atom. The molecule has 0 atom stereocenters. The summed E-state index contributed by atoms with van der Waals surface area (Å²) < 4.78 is 0. The number of carbonyl (C=O) groups is 2. The van der Waals surface area contributed by atoms with Gasteiger partial charge in [-0.3, -0.25) is 14.5 Å². The van der Waals surface area contributed by atoms with E-state index in [1.54, 1.807) is 16.8 Å². The van der Waals surface area contributed by atoms with Crippen molar-refractivity contribution in [3.8, 4) is 0 Å². The van der Waals surface area contributed by atoms with Gasteiger partial charge in [0.25, 0.3) is 0 Å². The minimum atomic E-state index is -0.129. The molecule has 3 aromatic carbocycles. The number of rotatable bonds is 7. The molecule has 5 nitrogen and oxygen atoms in total. The van der Waals surface area contributed by atoms with E-state index < -0.39 is 0 Å². The molecule has 156 valence electrons. The lowest BCUT2D eigenvalue weighted by Gasteiger charge is -2.25. The number of hydrogen-bond acceptors (Lipinski definition) is 3. The zero-order chi connectivity index (χ0) is 21.7. The van der Waals surface area contributed by atoms with Crippen LogP contribution in [0.3, 0.4) is 0 Å². The molecule has 0 heterocycles. The van der Waals surface area contributed by atoms with Crippen molar-refractivity contribution in [2.45, 2.75) is 20.8 Å². The molecule has 1 N–H and O–H groups in total. The Hall–Kier alpha value is -3.18. The Labute approximate surface area is 178 Å². The first-order valence-corrected chi connectivity index (χ1v) is 10.2. The third-order valence-electron chi connectivity index (χ3n) is 5.24. The number of carbonyl (C=O) groups excluding carboxylic acids is 2. The lowest BCUT2D eigenvalue weighted by molar-refractivity contribution is -0.121. The number of likely N-dealkylation sites (N-methyl/N-ethyl adjacent to an activating group) is 2. The smallest absolute Gasteiger partial charge is 0.241 e. The molecule has 0 saturated carbocycles. The highest BCUT2D eigenvalue weighted by atomic mass is 16.2. The van der Waals surface area contributed by atoms with Crippen LogP contribution < -0.4 is 10.2 Å². The first-order valence-electron chi connectivity index (χ1n) is 10.2. The molecule has 0 aliphatic heterocycles. The standard InChI is InChI=1S/C25H29N3O2/c1-5-28(22-15-9-13-20-12-6-7-14-21(20)22)24(30)17-27(4)16-23(29)26-25-18(2)10-8-11-19(25)3/h6-15H,5,16-17H2,1-4H3,(H,26,29). The van der Waals surface area contributed by atoms with Crippen molar-refractivity contribution in [2.75, 3.05) is 36.9 Å². The average molecular weight is 404 g/mol. The average Bonchev–Trinajstić information content (AvgIpc) is 2.71. The summed E-state index contributed by atoms with van der Waals surface area (Å²) in [7, 11) is 1.79. The fourth-order valence-corrected chi connectivity index (χ4v) is 3.73. The fourth-order valence-electron chi connectivity index (χ4n) is 3.73. The number of nitrogens with one attached hydrogen (secondary N) is 1. The molecule has 0 aliphatic rings. The molecule has 30 heavy (non-hydrogen) atoms. The van der Waals surface area contributed by atoms with Crippen LogP contribution in [0.25, 0.3) is 10.8 Å². The predicted octanol–water partition coefficient (Wildman–Crippen LogP) is 4.38. The summed E-state index contributed by atoms with van der Waals surface area (Å²) in [5.74, 6) is -0.160. The molecule has 0 saturated heterocycles. The third kappa shape index (κ3) is 4.86. The number of para-hydroxylation sites is 1. The van der Waals surface area contributed by atoms with Gasteiger partial charge in [-0.15, -0.1) is 0 Å². The topological polar surface area (TPSA) is 52.7 Å². The number of hydrogen-bond donors (Lipinski definition) is 1. The molecule has 0 spiro atoms. The van der Waals surface area contributed by atoms with E-state index in [9.17, 15) is 9.59 Å². The van der Waals surface area contributed by atoms with E-state index in [4.69, 9.17) is 0 Å². The normalized spacial score (nSPS) is 11.0. The van der Waals surface area contributed by atoms with Gasteiger partial charge in [-0.25, -0.2) is 0 Å². The Morgan fingerprint density at radius 2 is 1.50 bits per heavy atom. The second-order valence-electron chi connectivity index (χ2n) is 7.62. The monoisotopic (exact) mass is 403 g/mol. The molecular weight excluding hydrogens is 374 g/mol. The Morgan fingerprint density at radius 3 is 2.20 bits per heavy atom. The van der Waals surface area contributed by atoms with E-state index in [0.717, 1.165) is 33.3 Å². The van der Waals surface area contributed by atoms with Crippen molar-refractivity contribution in [2.24, 2.45) is 0 Å². The second kappa shape index (κ2) is 9.55. The van der Waals surface area contributed by atoms with Gasteiger partial charge in [0.05, 0.1) is 18.8 Å². The van der Waals surface area contributed by atoms with Crippen molar-refractivity contribution < 1.29 is 9.59 Å². The minimum Gasteiger partial charge on any atom is -0.324 e. The number of aryl methyl sites for hydroxylation is 2. The van der Waals surface area contributed by atoms with Crippen LogP contribution in [-0.4, -0.2) is 43.4 Å². The summed E-state index contributed by atoms with van der Waals surface area (Å²) in [6.45, 7) is 6.78. The maximum Gasteiger partial charge on any atom is 0.241 e. The molecule has 0 radical (unpaired) electrons. The molecule has 3 rings (SSSR count). The number of nitrogens with zero attached hydrogens (tertiary/aromatic N) is 2. The van der Waals surface area contributed by atoms with Gasteiger partial charge in [0.15, 0.2) is 0 Å². The van der Waals surface area contributed by atoms with E-state index in [0.29, 0.717) is 6.54 Å². The van der Waals surface area contributed by atoms with Gasteiger partial charge in [-0.2, -0.15) is 0 Å². The lowest BCUT2D eigenvalue weighted by Crippen LogP contribution is -2.41. The molecule has 0 aromatic heterocycles. The number of anilines is 2. The van der Waals surface area contributed by atoms with Crippen molar-refractivity contribution in [3.05, 3.63) is 71.8 Å². The predicted molar refractivity (Wildman–Crippen MR) is 124 cm³/mol. The van der Waals surface area contributed by atoms with Gasteiger partial charge in [-0.1, -0.05) is 54.6 Å². The van der Waals surface area contributed by atoms with Gasteiger partial charge in [0, 0.05) is 17.6 Å². The van der Waals surface area contributed by atoms with Crippen LogP contribution in [-0.2, 0) is 9.59 Å². The summed E-state index contributed by atoms with van der Waals surface area (Å²) in [5.41, 5.74) is 3.78. The van der Waals surface area contributed by atoms with Crippen LogP contribution in [0, 0.1) is 13.8 Å². The maximum atomic E-state index is 13.0. The van der Waals surface area contributed by atoms with Crippen molar-refractivity contribution >= 4 is 34.0 Å². The van der Waals surface area contributed by atoms with Gasteiger partial charge < -0.3 is 10.2 Å². The summed E-state index contributed by atoms with van der Waals surface area (Å²) in [5, 5.41) is 5.12. The SMILES string of the molecule is CCN(C(=O)CN(C)CC(=O)Nc1c(C)cccc1C)c1cccc2ccccc12. The third-order valence-corrected chi connectivity index (χ3v) is 5.24. The van der Waals surface area contributed by atoms with Gasteiger partial charge in [-0.05, 0) is 50.4 Å². The molecular formula is C25H29N3O2. The van der Waals surface area contributed by atoms with Crippen LogP contribution in [0.5, 0.6) is 0 Å². The molecule has 0 bridgehead atoms. The number of fused-ring (bicyclic) bond motifs is 1. The lowest BCUT2D eigenvalue weighted by atomic mass is 10.1. The van der Waals surface area contributed by atoms with Gasteiger partial charge in [0.2, 0.25) is 11.8 Å². The zero-order valence-corrected chi connectivity index (χ0v) is 18.1. The summed E-state index contributed by atoms with van der Waals surface area (Å²) in [6, 6.07) is 19.9. The molecule has 0 aliphatic carbocycles. The largest absolute Gasteiger partial charge is 0.324 e. The van der Waals surface area contributed by atoms with Crippen LogP contribution in [0.4, 0.5) is 11.4 Å². The fraction of sp³-hybridized carbons (Fsp3) is 0.280. The van der Waals surface area contributed by atoms with Crippen LogP contribution in [0.2, 0.25) is 0 Å². The van der Waals surface area contributed by atoms with Crippen LogP contribution in [0.15, 0.2) is 60.7 Å². The highest BCUT2D eigenvalue weighted by molar-refractivity contribution is 6.04. The van der Waals surface area contributed by atoms with E-state index in [-0.39, 0.29) is 24.9 Å². The first-order chi connectivity index (χ1) is 14.4. The van der Waals surface area contributed by atoms with Crippen LogP contribution in [0.1, 0.15) is 18.1 Å². The van der Waals surface area contributed by atoms with Crippen molar-refractivity contribution in [3.63, 3.8) is 0 Å². The molecule has 0 unspecified atom stereocenters. The second-order valence-corrected chi connectivity index (χ2v) is 7.62. The zero-order valence-electron chi connectivity index (χ0n) is 18.1. The quantitative estimate of drug-likeness (QED) is 0.637. The van der Waals surface area contributed by atoms with Gasteiger partial charge in [0.1, 0.15) is 0 Å². The van der Waals surface area contributed by atoms with E-state index in [1.165, 1.54) is 0 Å². The molecule has 2 amide bonds. The first kappa shape index (κ1) is 21.5. The Bertz CT molecular complexity index is 1040. The molecule has 5 heteroatoms. The van der Waals surface area contributed by atoms with E-state index in [2.05, 4.69) is 5.32 Å².